The number of amides is 1. The highest BCUT2D eigenvalue weighted by molar-refractivity contribution is 7.99. The lowest BCUT2D eigenvalue weighted by Crippen LogP contribution is -2.29. The Balaban J connectivity index is 1.73. The lowest BCUT2D eigenvalue weighted by atomic mass is 10.1. The Morgan fingerprint density at radius 3 is 2.60 bits per heavy atom. The Hall–Kier alpha value is -2.74. The minimum atomic E-state index is -0.135. The van der Waals surface area contributed by atoms with Crippen LogP contribution < -0.4 is 15.6 Å². The highest BCUT2D eigenvalue weighted by Gasteiger charge is 2.17. The maximum absolute atomic E-state index is 12.9. The first-order valence-corrected chi connectivity index (χ1v) is 10.9. The molecule has 30 heavy (non-hydrogen) atoms. The van der Waals surface area contributed by atoms with Gasteiger partial charge in [-0.1, -0.05) is 37.7 Å². The normalized spacial score (nSPS) is 12.3. The number of hydrogen-bond donors (Lipinski definition) is 2. The van der Waals surface area contributed by atoms with E-state index in [4.69, 9.17) is 4.74 Å². The molecule has 0 aliphatic carbocycles. The molecule has 2 N–H and O–H groups in total. The van der Waals surface area contributed by atoms with Gasteiger partial charge in [0, 0.05) is 12.2 Å². The molecule has 0 aliphatic heterocycles. The van der Waals surface area contributed by atoms with Gasteiger partial charge in [-0.25, -0.2) is 4.98 Å². The molecule has 160 valence electrons. The molecule has 1 aromatic carbocycles. The number of ether oxygens (including phenoxy) is 1. The summed E-state index contributed by atoms with van der Waals surface area (Å²) in [6.07, 6.45) is 0. The molecule has 0 unspecified atom stereocenters. The Labute approximate surface area is 180 Å². The average Bonchev–Trinajstić information content (AvgIpc) is 3.09. The van der Waals surface area contributed by atoms with Crippen LogP contribution in [0.5, 0.6) is 5.75 Å². The summed E-state index contributed by atoms with van der Waals surface area (Å²) in [5.74, 6) is 1.12. The predicted molar refractivity (Wildman–Crippen MR) is 120 cm³/mol. The van der Waals surface area contributed by atoms with Gasteiger partial charge in [0.25, 0.3) is 5.56 Å². The van der Waals surface area contributed by atoms with E-state index < -0.39 is 0 Å². The van der Waals surface area contributed by atoms with E-state index in [1.807, 2.05) is 58.0 Å². The third-order valence-electron chi connectivity index (χ3n) is 4.71. The Bertz CT molecular complexity index is 1090. The van der Waals surface area contributed by atoms with Gasteiger partial charge in [0.2, 0.25) is 5.91 Å². The van der Waals surface area contributed by atoms with Crippen molar-refractivity contribution in [1.29, 1.82) is 0 Å². The average molecular weight is 429 g/mol. The monoisotopic (exact) mass is 428 g/mol. The zero-order chi connectivity index (χ0) is 21.8. The van der Waals surface area contributed by atoms with Gasteiger partial charge in [-0.2, -0.15) is 0 Å². The fourth-order valence-electron chi connectivity index (χ4n) is 3.24. The molecule has 0 saturated heterocycles. The minimum Gasteiger partial charge on any atom is -0.497 e. The molecule has 0 aliphatic rings. The number of nitrogens with zero attached hydrogens (tertiary/aromatic N) is 2. The van der Waals surface area contributed by atoms with Gasteiger partial charge in [0.05, 0.1) is 24.4 Å². The molecule has 0 bridgehead atoms. The van der Waals surface area contributed by atoms with Crippen LogP contribution in [0.15, 0.2) is 40.3 Å². The molecule has 3 aromatic rings. The van der Waals surface area contributed by atoms with E-state index in [1.54, 1.807) is 11.7 Å². The quantitative estimate of drug-likeness (QED) is 0.422. The van der Waals surface area contributed by atoms with Crippen molar-refractivity contribution in [2.45, 2.75) is 45.4 Å². The lowest BCUT2D eigenvalue weighted by molar-refractivity contribution is -0.119. The number of nitrogens with one attached hydrogen (secondary N) is 2. The number of aryl methyl sites for hydroxylation is 1. The number of methoxy groups -OCH3 is 1. The van der Waals surface area contributed by atoms with Gasteiger partial charge in [0.1, 0.15) is 11.3 Å². The molecule has 8 heteroatoms. The summed E-state index contributed by atoms with van der Waals surface area (Å²) in [4.78, 5) is 33.2. The number of rotatable bonds is 8. The van der Waals surface area contributed by atoms with Gasteiger partial charge in [0.15, 0.2) is 5.16 Å². The lowest BCUT2D eigenvalue weighted by Gasteiger charge is -2.16. The van der Waals surface area contributed by atoms with Gasteiger partial charge in [-0.15, -0.1) is 0 Å². The van der Waals surface area contributed by atoms with Crippen LogP contribution in [-0.2, 0) is 11.3 Å². The zero-order valence-corrected chi connectivity index (χ0v) is 18.8. The van der Waals surface area contributed by atoms with E-state index in [0.717, 1.165) is 17.0 Å². The van der Waals surface area contributed by atoms with Crippen molar-refractivity contribution < 1.29 is 9.53 Å². The fourth-order valence-corrected chi connectivity index (χ4v) is 4.06. The van der Waals surface area contributed by atoms with Gasteiger partial charge < -0.3 is 15.0 Å². The molecular formula is C22H28N4O3S. The molecule has 0 spiro atoms. The fraction of sp³-hybridized carbons (Fsp3) is 0.409. The second kappa shape index (κ2) is 9.38. The van der Waals surface area contributed by atoms with E-state index >= 15 is 0 Å². The van der Waals surface area contributed by atoms with Crippen LogP contribution >= 0.6 is 11.8 Å². The van der Waals surface area contributed by atoms with Crippen LogP contribution in [0.2, 0.25) is 0 Å². The molecule has 2 heterocycles. The Morgan fingerprint density at radius 2 is 1.97 bits per heavy atom. The predicted octanol–water partition coefficient (Wildman–Crippen LogP) is 3.67. The second-order valence-corrected chi connectivity index (χ2v) is 8.71. The van der Waals surface area contributed by atoms with E-state index in [9.17, 15) is 9.59 Å². The van der Waals surface area contributed by atoms with Crippen molar-refractivity contribution in [2.75, 3.05) is 12.9 Å². The summed E-state index contributed by atoms with van der Waals surface area (Å²) >= 11 is 1.28. The number of carbonyl (C=O) groups excluding carboxylic acids is 1. The standard InChI is InChI=1S/C22H28N4O3S/c1-13(2)11-26-21(28)20-18(10-14(3)23-20)25-22(26)30-12-19(27)24-15(4)16-6-8-17(29-5)9-7-16/h6-10,13,15,23H,11-12H2,1-5H3,(H,24,27)/t15-/m0/s1. The van der Waals surface area contributed by atoms with Crippen molar-refractivity contribution in [3.8, 4) is 5.75 Å². The molecule has 0 radical (unpaired) electrons. The van der Waals surface area contributed by atoms with Crippen LogP contribution in [-0.4, -0.2) is 33.3 Å². The third kappa shape index (κ3) is 5.05. The number of thioether (sulfide) groups is 1. The highest BCUT2D eigenvalue weighted by Crippen LogP contribution is 2.21. The molecular weight excluding hydrogens is 400 g/mol. The van der Waals surface area contributed by atoms with Crippen LogP contribution in [0.1, 0.15) is 38.1 Å². The molecule has 1 amide bonds. The van der Waals surface area contributed by atoms with Crippen molar-refractivity contribution in [2.24, 2.45) is 5.92 Å². The molecule has 3 rings (SSSR count). The summed E-state index contributed by atoms with van der Waals surface area (Å²) in [5.41, 5.74) is 2.92. The summed E-state index contributed by atoms with van der Waals surface area (Å²) in [7, 11) is 1.62. The zero-order valence-electron chi connectivity index (χ0n) is 18.0. The highest BCUT2D eigenvalue weighted by atomic mass is 32.2. The van der Waals surface area contributed by atoms with Crippen molar-refractivity contribution >= 4 is 28.7 Å². The number of H-pyrrole nitrogens is 1. The topological polar surface area (TPSA) is 89.0 Å². The maximum Gasteiger partial charge on any atom is 0.278 e. The molecule has 0 saturated carbocycles. The van der Waals surface area contributed by atoms with Crippen LogP contribution in [0, 0.1) is 12.8 Å². The first-order valence-electron chi connectivity index (χ1n) is 9.94. The number of hydrogen-bond acceptors (Lipinski definition) is 5. The summed E-state index contributed by atoms with van der Waals surface area (Å²) < 4.78 is 6.83. The van der Waals surface area contributed by atoms with Crippen molar-refractivity contribution in [3.63, 3.8) is 0 Å². The van der Waals surface area contributed by atoms with E-state index in [-0.39, 0.29) is 29.2 Å². The van der Waals surface area contributed by atoms with E-state index in [2.05, 4.69) is 15.3 Å². The van der Waals surface area contributed by atoms with Gasteiger partial charge in [-0.05, 0) is 43.5 Å². The number of aromatic nitrogens is 3. The molecule has 0 fully saturated rings. The second-order valence-electron chi connectivity index (χ2n) is 7.77. The molecule has 2 aromatic heterocycles. The number of benzene rings is 1. The van der Waals surface area contributed by atoms with Crippen LogP contribution in [0.25, 0.3) is 11.0 Å². The summed E-state index contributed by atoms with van der Waals surface area (Å²) in [6.45, 7) is 8.48. The first-order chi connectivity index (χ1) is 14.3. The minimum absolute atomic E-state index is 0.101. The number of carbonyl (C=O) groups is 1. The van der Waals surface area contributed by atoms with Crippen LogP contribution in [0.3, 0.4) is 0 Å². The smallest absolute Gasteiger partial charge is 0.278 e. The van der Waals surface area contributed by atoms with Crippen LogP contribution in [0.4, 0.5) is 0 Å². The largest absolute Gasteiger partial charge is 0.497 e. The number of fused-ring (bicyclic) bond motifs is 1. The Morgan fingerprint density at radius 1 is 1.27 bits per heavy atom. The Kier molecular flexibility index (Phi) is 6.87. The summed E-state index contributed by atoms with van der Waals surface area (Å²) in [5, 5.41) is 3.56. The van der Waals surface area contributed by atoms with Crippen molar-refractivity contribution in [1.82, 2.24) is 19.9 Å². The SMILES string of the molecule is COc1ccc([C@H](C)NC(=O)CSc2nc3cc(C)[nH]c3c(=O)n2CC(C)C)cc1. The molecule has 7 nitrogen and oxygen atoms in total. The van der Waals surface area contributed by atoms with E-state index in [0.29, 0.717) is 22.7 Å². The van der Waals surface area contributed by atoms with Gasteiger partial charge in [-0.3, -0.25) is 14.2 Å². The third-order valence-corrected chi connectivity index (χ3v) is 5.69. The van der Waals surface area contributed by atoms with Gasteiger partial charge >= 0.3 is 0 Å². The first kappa shape index (κ1) is 22.0. The number of aromatic amines is 1. The summed E-state index contributed by atoms with van der Waals surface area (Å²) in [6, 6.07) is 9.32. The maximum atomic E-state index is 12.9. The van der Waals surface area contributed by atoms with Crippen molar-refractivity contribution in [3.05, 3.63) is 51.9 Å². The molecule has 1 atom stereocenters. The van der Waals surface area contributed by atoms with E-state index in [1.165, 1.54) is 11.8 Å².